The molecule has 41 heavy (non-hydrogen) atoms. The molecule has 230 valence electrons. The number of hydrogen-bond donors (Lipinski definition) is 7. The van der Waals surface area contributed by atoms with Crippen LogP contribution in [0.15, 0.2) is 16.8 Å². The normalized spacial score (nSPS) is 55.2. The van der Waals surface area contributed by atoms with Crippen LogP contribution in [0.2, 0.25) is 0 Å². The van der Waals surface area contributed by atoms with E-state index in [1.165, 1.54) is 12.3 Å². The van der Waals surface area contributed by atoms with Crippen LogP contribution in [0, 0.1) is 28.6 Å². The Hall–Kier alpha value is -1.64. The van der Waals surface area contributed by atoms with Gasteiger partial charge in [-0.05, 0) is 69.3 Å². The second-order valence-corrected chi connectivity index (χ2v) is 13.7. The maximum absolute atomic E-state index is 12.4. The molecule has 12 heteroatoms. The van der Waals surface area contributed by atoms with Crippen molar-refractivity contribution in [2.45, 2.75) is 119 Å². The SMILES string of the molecule is C[C@H]1O[C@@H](O[C@@H]2CC[C@]3(/C=N/O)[C@H]4[C@H](O)C[C@]5(C)[C@H](C6=CC(=O)OC6)CC[C@]5(O)[C@@H]4CC[C@]3(O)C2)[C@@H](O)[C@@H](O)[C@H]1O. The molecule has 0 bridgehead atoms. The average Bonchev–Trinajstić information content (AvgIpc) is 3.46. The number of carbonyl (C=O) groups excluding carboxylic acids is 1. The minimum Gasteiger partial charge on any atom is -0.458 e. The number of hydrogen-bond acceptors (Lipinski definition) is 12. The van der Waals surface area contributed by atoms with Gasteiger partial charge in [-0.15, -0.1) is 5.16 Å². The summed E-state index contributed by atoms with van der Waals surface area (Å²) in [5, 5.41) is 80.4. The lowest BCUT2D eigenvalue weighted by atomic mass is 9.41. The number of aliphatic hydroxyl groups excluding tert-OH is 4. The molecule has 0 aromatic heterocycles. The van der Waals surface area contributed by atoms with Gasteiger partial charge in [-0.3, -0.25) is 0 Å². The molecule has 0 amide bonds. The second kappa shape index (κ2) is 9.95. The molecule has 14 atom stereocenters. The summed E-state index contributed by atoms with van der Waals surface area (Å²) < 4.78 is 16.8. The molecule has 6 rings (SSSR count). The minimum atomic E-state index is -1.48. The quantitative estimate of drug-likeness (QED) is 0.0774. The highest BCUT2D eigenvalue weighted by Gasteiger charge is 2.73. The van der Waals surface area contributed by atoms with Gasteiger partial charge in [0.1, 0.15) is 24.9 Å². The van der Waals surface area contributed by atoms with Gasteiger partial charge < -0.3 is 50.1 Å². The fourth-order valence-electron chi connectivity index (χ4n) is 9.94. The molecule has 6 aliphatic rings. The molecule has 1 saturated heterocycles. The average molecular weight is 582 g/mol. The molecular formula is C29H43NO11. The first-order valence-electron chi connectivity index (χ1n) is 14.8. The zero-order valence-electron chi connectivity index (χ0n) is 23.5. The lowest BCUT2D eigenvalue weighted by Gasteiger charge is -2.67. The van der Waals surface area contributed by atoms with Gasteiger partial charge in [0, 0.05) is 29.2 Å². The van der Waals surface area contributed by atoms with E-state index in [4.69, 9.17) is 14.2 Å². The Morgan fingerprint density at radius 1 is 1.02 bits per heavy atom. The predicted octanol–water partition coefficient (Wildman–Crippen LogP) is -0.0181. The van der Waals surface area contributed by atoms with Crippen LogP contribution in [0.1, 0.15) is 65.2 Å². The molecule has 12 nitrogen and oxygen atoms in total. The fourth-order valence-corrected chi connectivity index (χ4v) is 9.94. The van der Waals surface area contributed by atoms with Crippen LogP contribution in [0.25, 0.3) is 0 Å². The Balaban J connectivity index is 1.28. The lowest BCUT2D eigenvalue weighted by Crippen LogP contribution is -2.72. The first kappa shape index (κ1) is 29.4. The summed E-state index contributed by atoms with van der Waals surface area (Å²) in [4.78, 5) is 11.8. The van der Waals surface area contributed by atoms with Crippen LogP contribution in [-0.2, 0) is 19.0 Å². The van der Waals surface area contributed by atoms with Crippen molar-refractivity contribution in [2.24, 2.45) is 33.7 Å². The van der Waals surface area contributed by atoms with Gasteiger partial charge in [-0.25, -0.2) is 4.79 Å². The number of fused-ring (bicyclic) bond motifs is 5. The van der Waals surface area contributed by atoms with Crippen LogP contribution in [-0.4, -0.2) is 109 Å². The van der Waals surface area contributed by atoms with Gasteiger partial charge in [-0.2, -0.15) is 0 Å². The van der Waals surface area contributed by atoms with Crippen LogP contribution in [0.4, 0.5) is 0 Å². The molecular weight excluding hydrogens is 538 g/mol. The topological polar surface area (TPSA) is 199 Å². The molecule has 7 N–H and O–H groups in total. The Morgan fingerprint density at radius 2 is 1.78 bits per heavy atom. The van der Waals surface area contributed by atoms with Crippen molar-refractivity contribution >= 4 is 12.2 Å². The van der Waals surface area contributed by atoms with Gasteiger partial charge in [0.2, 0.25) is 0 Å². The number of aliphatic hydroxyl groups is 6. The van der Waals surface area contributed by atoms with E-state index >= 15 is 0 Å². The standard InChI is InChI=1S/C29H43NO11/c1-14-22(33)23(34)24(35)25(40-14)41-16-3-6-27(13-30-38)21-18(4-7-28(27,36)10-16)29(37)8-5-17(15-9-20(32)39-12-15)26(29,2)11-19(21)31/h9,13-14,16-19,21-25,31,33-38H,3-8,10-12H2,1-2H3/b30-13+/t14-,16-,17+,18-,19-,21-,22+,23+,24+,25+,26-,27+,28+,29+/m1/s1. The van der Waals surface area contributed by atoms with Crippen molar-refractivity contribution in [2.75, 3.05) is 6.61 Å². The van der Waals surface area contributed by atoms with Gasteiger partial charge in [-0.1, -0.05) is 6.92 Å². The molecule has 0 radical (unpaired) electrons. The number of esters is 1. The van der Waals surface area contributed by atoms with Crippen LogP contribution < -0.4 is 0 Å². The number of oxime groups is 1. The first-order valence-corrected chi connectivity index (χ1v) is 14.8. The highest BCUT2D eigenvalue weighted by Crippen LogP contribution is 2.70. The lowest BCUT2D eigenvalue weighted by molar-refractivity contribution is -0.318. The van der Waals surface area contributed by atoms with E-state index in [1.807, 2.05) is 6.92 Å². The van der Waals surface area contributed by atoms with Crippen molar-refractivity contribution < 1.29 is 54.9 Å². The summed E-state index contributed by atoms with van der Waals surface area (Å²) in [5.74, 6) is -1.50. The van der Waals surface area contributed by atoms with Crippen molar-refractivity contribution in [1.29, 1.82) is 0 Å². The van der Waals surface area contributed by atoms with E-state index in [9.17, 15) is 40.6 Å². The van der Waals surface area contributed by atoms with Gasteiger partial charge >= 0.3 is 5.97 Å². The van der Waals surface area contributed by atoms with Crippen molar-refractivity contribution in [1.82, 2.24) is 0 Å². The van der Waals surface area contributed by atoms with Gasteiger partial charge in [0.05, 0.1) is 35.7 Å². The molecule has 4 saturated carbocycles. The maximum Gasteiger partial charge on any atom is 0.331 e. The third kappa shape index (κ3) is 4.09. The second-order valence-electron chi connectivity index (χ2n) is 13.7. The number of nitrogens with zero attached hydrogens (tertiary/aromatic N) is 1. The minimum absolute atomic E-state index is 0.0965. The van der Waals surface area contributed by atoms with Gasteiger partial charge in [0.15, 0.2) is 6.29 Å². The van der Waals surface area contributed by atoms with Crippen LogP contribution >= 0.6 is 0 Å². The van der Waals surface area contributed by atoms with Crippen LogP contribution in [0.5, 0.6) is 0 Å². The largest absolute Gasteiger partial charge is 0.458 e. The van der Waals surface area contributed by atoms with E-state index in [0.717, 1.165) is 5.57 Å². The Labute approximate surface area is 238 Å². The number of carbonyl (C=O) groups is 1. The zero-order chi connectivity index (χ0) is 29.5. The maximum atomic E-state index is 12.4. The van der Waals surface area contributed by atoms with Gasteiger partial charge in [0.25, 0.3) is 0 Å². The smallest absolute Gasteiger partial charge is 0.331 e. The Kier molecular flexibility index (Phi) is 7.14. The molecule has 4 aliphatic carbocycles. The Bertz CT molecular complexity index is 1120. The number of ether oxygens (including phenoxy) is 3. The molecule has 5 fully saturated rings. The van der Waals surface area contributed by atoms with Crippen LogP contribution in [0.3, 0.4) is 0 Å². The summed E-state index contributed by atoms with van der Waals surface area (Å²) >= 11 is 0. The predicted molar refractivity (Wildman–Crippen MR) is 140 cm³/mol. The number of rotatable bonds is 4. The summed E-state index contributed by atoms with van der Waals surface area (Å²) in [6, 6.07) is 0. The zero-order valence-corrected chi connectivity index (χ0v) is 23.5. The van der Waals surface area contributed by atoms with E-state index in [-0.39, 0.29) is 44.2 Å². The van der Waals surface area contributed by atoms with E-state index in [0.29, 0.717) is 25.7 Å². The van der Waals surface area contributed by atoms with E-state index in [2.05, 4.69) is 5.16 Å². The highest BCUT2D eigenvalue weighted by atomic mass is 16.7. The molecule has 0 spiro atoms. The molecule has 0 unspecified atom stereocenters. The van der Waals surface area contributed by atoms with E-state index in [1.54, 1.807) is 6.92 Å². The first-order chi connectivity index (χ1) is 19.3. The number of cyclic esters (lactones) is 1. The molecule has 2 heterocycles. The van der Waals surface area contributed by atoms with Crippen molar-refractivity contribution in [3.8, 4) is 0 Å². The highest BCUT2D eigenvalue weighted by molar-refractivity contribution is 5.85. The molecule has 0 aromatic rings. The Morgan fingerprint density at radius 3 is 2.46 bits per heavy atom. The summed E-state index contributed by atoms with van der Waals surface area (Å²) in [6.45, 7) is 3.74. The monoisotopic (exact) mass is 581 g/mol. The summed E-state index contributed by atoms with van der Waals surface area (Å²) in [5.41, 5.74) is -3.65. The molecule has 2 aliphatic heterocycles. The summed E-state index contributed by atoms with van der Waals surface area (Å²) in [6.07, 6.45) is -2.02. The fraction of sp³-hybridized carbons (Fsp3) is 0.862. The van der Waals surface area contributed by atoms with E-state index < -0.39 is 76.8 Å². The molecule has 0 aromatic carbocycles. The van der Waals surface area contributed by atoms with Crippen molar-refractivity contribution in [3.63, 3.8) is 0 Å². The third-order valence-electron chi connectivity index (χ3n) is 12.0. The third-order valence-corrected chi connectivity index (χ3v) is 12.0. The van der Waals surface area contributed by atoms with Crippen molar-refractivity contribution in [3.05, 3.63) is 11.6 Å². The summed E-state index contributed by atoms with van der Waals surface area (Å²) in [7, 11) is 0.